The first-order chi connectivity index (χ1) is 6.85. The maximum Gasteiger partial charge on any atom is -0.00464 e. The fourth-order valence-corrected chi connectivity index (χ4v) is 1.90. The molecular weight excluding hydrogens is 170 g/mol. The Morgan fingerprint density at radius 2 is 1.71 bits per heavy atom. The molecule has 0 radical (unpaired) electrons. The van der Waals surface area contributed by atoms with Gasteiger partial charge in [0.1, 0.15) is 0 Å². The zero-order valence-corrected chi connectivity index (χ0v) is 10.4. The van der Waals surface area contributed by atoms with Crippen molar-refractivity contribution in [1.29, 1.82) is 0 Å². The minimum absolute atomic E-state index is 0.964. The maximum absolute atomic E-state index is 3.41. The highest BCUT2D eigenvalue weighted by molar-refractivity contribution is 4.59. The first-order valence-electron chi connectivity index (χ1n) is 6.55. The van der Waals surface area contributed by atoms with Gasteiger partial charge in [0.2, 0.25) is 0 Å². The maximum atomic E-state index is 3.41. The number of hydrogen-bond acceptors (Lipinski definition) is 1. The van der Waals surface area contributed by atoms with E-state index in [9.17, 15) is 0 Å². The van der Waals surface area contributed by atoms with Crippen LogP contribution >= 0.6 is 0 Å². The van der Waals surface area contributed by atoms with Crippen molar-refractivity contribution in [2.24, 2.45) is 5.92 Å². The summed E-state index contributed by atoms with van der Waals surface area (Å²) in [5, 5.41) is 3.41. The zero-order valence-electron chi connectivity index (χ0n) is 10.4. The van der Waals surface area contributed by atoms with Crippen molar-refractivity contribution < 1.29 is 0 Å². The highest BCUT2D eigenvalue weighted by Gasteiger charge is 2.04. The highest BCUT2D eigenvalue weighted by atomic mass is 14.8. The van der Waals surface area contributed by atoms with Crippen LogP contribution in [0.5, 0.6) is 0 Å². The van der Waals surface area contributed by atoms with Gasteiger partial charge in [-0.05, 0) is 25.4 Å². The highest BCUT2D eigenvalue weighted by Crippen LogP contribution is 2.17. The van der Waals surface area contributed by atoms with Gasteiger partial charge in [-0.1, -0.05) is 59.3 Å². The fraction of sp³-hybridized carbons (Fsp3) is 1.00. The lowest BCUT2D eigenvalue weighted by Crippen LogP contribution is -2.17. The molecule has 14 heavy (non-hydrogen) atoms. The van der Waals surface area contributed by atoms with E-state index < -0.39 is 0 Å². The third-order valence-corrected chi connectivity index (χ3v) is 3.02. The fourth-order valence-electron chi connectivity index (χ4n) is 1.90. The van der Waals surface area contributed by atoms with Gasteiger partial charge < -0.3 is 5.32 Å². The van der Waals surface area contributed by atoms with Crippen LogP contribution in [0.1, 0.15) is 65.7 Å². The Morgan fingerprint density at radius 3 is 2.29 bits per heavy atom. The molecule has 1 heteroatoms. The molecule has 0 aromatic heterocycles. The molecule has 0 aliphatic rings. The van der Waals surface area contributed by atoms with Crippen LogP contribution in [0.2, 0.25) is 0 Å². The van der Waals surface area contributed by atoms with Crippen molar-refractivity contribution in [1.82, 2.24) is 5.32 Å². The number of hydrogen-bond donors (Lipinski definition) is 1. The number of rotatable bonds is 10. The monoisotopic (exact) mass is 199 g/mol. The molecule has 1 atom stereocenters. The minimum atomic E-state index is 0.964. The van der Waals surface area contributed by atoms with Gasteiger partial charge in [-0.25, -0.2) is 0 Å². The lowest BCUT2D eigenvalue weighted by molar-refractivity contribution is 0.405. The van der Waals surface area contributed by atoms with Gasteiger partial charge in [-0.2, -0.15) is 0 Å². The van der Waals surface area contributed by atoms with Crippen molar-refractivity contribution in [3.05, 3.63) is 0 Å². The predicted molar refractivity (Wildman–Crippen MR) is 65.7 cm³/mol. The van der Waals surface area contributed by atoms with Crippen molar-refractivity contribution in [2.75, 3.05) is 13.1 Å². The van der Waals surface area contributed by atoms with E-state index in [0.717, 1.165) is 12.5 Å². The van der Waals surface area contributed by atoms with Crippen LogP contribution < -0.4 is 5.32 Å². The van der Waals surface area contributed by atoms with Gasteiger partial charge in [0.25, 0.3) is 0 Å². The summed E-state index contributed by atoms with van der Waals surface area (Å²) in [7, 11) is 0. The number of unbranched alkanes of at least 4 members (excludes halogenated alkanes) is 3. The van der Waals surface area contributed by atoms with E-state index in [1.807, 2.05) is 0 Å². The summed E-state index contributed by atoms with van der Waals surface area (Å²) in [5.41, 5.74) is 0. The molecule has 0 rings (SSSR count). The van der Waals surface area contributed by atoms with E-state index in [1.165, 1.54) is 51.5 Å². The molecule has 0 heterocycles. The molecule has 1 unspecified atom stereocenters. The van der Waals surface area contributed by atoms with Crippen LogP contribution in [0, 0.1) is 5.92 Å². The molecule has 0 saturated carbocycles. The standard InChI is InChI=1S/C13H29N/c1-4-7-8-9-10-13(5-2)11-12-14-6-3/h13-14H,4-12H2,1-3H3. The Hall–Kier alpha value is -0.0400. The van der Waals surface area contributed by atoms with Crippen LogP contribution in [0.25, 0.3) is 0 Å². The quantitative estimate of drug-likeness (QED) is 0.525. The minimum Gasteiger partial charge on any atom is -0.317 e. The Kier molecular flexibility index (Phi) is 11.0. The van der Waals surface area contributed by atoms with Crippen LogP contribution in [0.15, 0.2) is 0 Å². The molecule has 0 aromatic carbocycles. The summed E-state index contributed by atoms with van der Waals surface area (Å²) in [6, 6.07) is 0. The van der Waals surface area contributed by atoms with Crippen LogP contribution in [0.4, 0.5) is 0 Å². The molecule has 0 aliphatic heterocycles. The molecule has 0 saturated heterocycles. The zero-order chi connectivity index (χ0) is 10.6. The predicted octanol–water partition coefficient (Wildman–Crippen LogP) is 3.98. The molecule has 1 N–H and O–H groups in total. The second kappa shape index (κ2) is 11.0. The molecule has 0 fully saturated rings. The van der Waals surface area contributed by atoms with E-state index in [1.54, 1.807) is 0 Å². The third-order valence-electron chi connectivity index (χ3n) is 3.02. The van der Waals surface area contributed by atoms with E-state index in [2.05, 4.69) is 26.1 Å². The van der Waals surface area contributed by atoms with Crippen LogP contribution in [0.3, 0.4) is 0 Å². The van der Waals surface area contributed by atoms with E-state index in [-0.39, 0.29) is 0 Å². The second-order valence-corrected chi connectivity index (χ2v) is 4.27. The Morgan fingerprint density at radius 1 is 0.929 bits per heavy atom. The summed E-state index contributed by atoms with van der Waals surface area (Å²) in [6.45, 7) is 9.12. The second-order valence-electron chi connectivity index (χ2n) is 4.27. The van der Waals surface area contributed by atoms with Crippen molar-refractivity contribution >= 4 is 0 Å². The lowest BCUT2D eigenvalue weighted by Gasteiger charge is -2.14. The molecule has 0 aromatic rings. The van der Waals surface area contributed by atoms with Crippen molar-refractivity contribution in [3.8, 4) is 0 Å². The van der Waals surface area contributed by atoms with Gasteiger partial charge in [0.05, 0.1) is 0 Å². The van der Waals surface area contributed by atoms with E-state index >= 15 is 0 Å². The normalized spacial score (nSPS) is 13.1. The topological polar surface area (TPSA) is 12.0 Å². The molecule has 86 valence electrons. The summed E-state index contributed by atoms with van der Waals surface area (Å²) in [4.78, 5) is 0. The largest absolute Gasteiger partial charge is 0.317 e. The average Bonchev–Trinajstić information content (AvgIpc) is 2.22. The summed E-state index contributed by atoms with van der Waals surface area (Å²) in [6.07, 6.45) is 9.83. The summed E-state index contributed by atoms with van der Waals surface area (Å²) >= 11 is 0. The Labute approximate surface area is 90.7 Å². The summed E-state index contributed by atoms with van der Waals surface area (Å²) in [5.74, 6) is 0.964. The Bertz CT molecular complexity index is 101. The smallest absolute Gasteiger partial charge is 0.00464 e. The molecule has 1 nitrogen and oxygen atoms in total. The van der Waals surface area contributed by atoms with Crippen molar-refractivity contribution in [3.63, 3.8) is 0 Å². The molecule has 0 amide bonds. The van der Waals surface area contributed by atoms with E-state index in [4.69, 9.17) is 0 Å². The van der Waals surface area contributed by atoms with Gasteiger partial charge in [-0.15, -0.1) is 0 Å². The molecule has 0 spiro atoms. The lowest BCUT2D eigenvalue weighted by atomic mass is 9.95. The van der Waals surface area contributed by atoms with Crippen LogP contribution in [-0.2, 0) is 0 Å². The van der Waals surface area contributed by atoms with Crippen LogP contribution in [-0.4, -0.2) is 13.1 Å². The molecular formula is C13H29N. The Balaban J connectivity index is 3.28. The van der Waals surface area contributed by atoms with E-state index in [0.29, 0.717) is 0 Å². The third kappa shape index (κ3) is 8.55. The average molecular weight is 199 g/mol. The van der Waals surface area contributed by atoms with Gasteiger partial charge in [-0.3, -0.25) is 0 Å². The first kappa shape index (κ1) is 14.0. The van der Waals surface area contributed by atoms with Gasteiger partial charge in [0, 0.05) is 0 Å². The van der Waals surface area contributed by atoms with Crippen molar-refractivity contribution in [2.45, 2.75) is 65.7 Å². The number of nitrogens with one attached hydrogen (secondary N) is 1. The first-order valence-corrected chi connectivity index (χ1v) is 6.55. The van der Waals surface area contributed by atoms with Gasteiger partial charge in [0.15, 0.2) is 0 Å². The SMILES string of the molecule is CCCCCCC(CC)CCNCC. The molecule has 0 bridgehead atoms. The molecule has 0 aliphatic carbocycles. The summed E-state index contributed by atoms with van der Waals surface area (Å²) < 4.78 is 0. The van der Waals surface area contributed by atoms with Gasteiger partial charge >= 0.3 is 0 Å².